The summed E-state index contributed by atoms with van der Waals surface area (Å²) in [4.78, 5) is 0. The van der Waals surface area contributed by atoms with Crippen molar-refractivity contribution < 1.29 is 8.42 Å². The van der Waals surface area contributed by atoms with Crippen molar-refractivity contribution in [1.82, 2.24) is 4.31 Å². The zero-order chi connectivity index (χ0) is 9.90. The van der Waals surface area contributed by atoms with E-state index in [9.17, 15) is 8.42 Å². The van der Waals surface area contributed by atoms with Crippen LogP contribution in [0.25, 0.3) is 0 Å². The van der Waals surface area contributed by atoms with Crippen LogP contribution in [-0.4, -0.2) is 37.6 Å². The van der Waals surface area contributed by atoms with E-state index in [0.29, 0.717) is 19.5 Å². The molecule has 1 aliphatic rings. The van der Waals surface area contributed by atoms with Crippen molar-refractivity contribution in [3.8, 4) is 0 Å². The van der Waals surface area contributed by atoms with Crippen LogP contribution in [0.1, 0.15) is 26.2 Å². The summed E-state index contributed by atoms with van der Waals surface area (Å²) >= 11 is 0. The standard InChI is InChI=1S/C8H18N2O2S/c1-2-8(7-9)13(11,12)10-5-3-4-6-10/h8H,2-7,9H2,1H3. The summed E-state index contributed by atoms with van der Waals surface area (Å²) in [5.41, 5.74) is 5.43. The van der Waals surface area contributed by atoms with Gasteiger partial charge in [0.05, 0.1) is 5.25 Å². The Bertz CT molecular complexity index is 233. The highest BCUT2D eigenvalue weighted by Crippen LogP contribution is 2.17. The Labute approximate surface area is 80.1 Å². The topological polar surface area (TPSA) is 63.4 Å². The second kappa shape index (κ2) is 4.39. The van der Waals surface area contributed by atoms with Crippen molar-refractivity contribution in [1.29, 1.82) is 0 Å². The van der Waals surface area contributed by atoms with Crippen molar-refractivity contribution in [3.63, 3.8) is 0 Å². The molecular formula is C8H18N2O2S. The molecule has 5 heteroatoms. The maximum Gasteiger partial charge on any atom is 0.218 e. The van der Waals surface area contributed by atoms with E-state index >= 15 is 0 Å². The van der Waals surface area contributed by atoms with Crippen molar-refractivity contribution >= 4 is 10.0 Å². The Hall–Kier alpha value is -0.130. The first-order valence-electron chi connectivity index (χ1n) is 4.82. The molecule has 0 saturated carbocycles. The zero-order valence-corrected chi connectivity index (χ0v) is 8.89. The summed E-state index contributed by atoms with van der Waals surface area (Å²) in [6.07, 6.45) is 2.58. The molecule has 1 saturated heterocycles. The predicted octanol–water partition coefficient (Wildman–Crippen LogP) is 0.149. The minimum absolute atomic E-state index is 0.231. The number of hydrogen-bond donors (Lipinski definition) is 1. The van der Waals surface area contributed by atoms with E-state index in [0.717, 1.165) is 12.8 Å². The Balaban J connectivity index is 2.73. The fourth-order valence-corrected chi connectivity index (χ4v) is 3.51. The van der Waals surface area contributed by atoms with E-state index in [1.165, 1.54) is 0 Å². The molecule has 0 aliphatic carbocycles. The lowest BCUT2D eigenvalue weighted by atomic mass is 10.3. The van der Waals surface area contributed by atoms with Crippen LogP contribution in [0.4, 0.5) is 0 Å². The Morgan fingerprint density at radius 1 is 1.38 bits per heavy atom. The first-order valence-corrected chi connectivity index (χ1v) is 6.32. The van der Waals surface area contributed by atoms with Crippen LogP contribution in [0.15, 0.2) is 0 Å². The first-order chi connectivity index (χ1) is 6.12. The van der Waals surface area contributed by atoms with Gasteiger partial charge in [-0.2, -0.15) is 0 Å². The molecule has 1 atom stereocenters. The molecule has 1 aliphatic heterocycles. The van der Waals surface area contributed by atoms with Gasteiger partial charge in [-0.05, 0) is 19.3 Å². The first kappa shape index (κ1) is 10.9. The molecule has 0 amide bonds. The van der Waals surface area contributed by atoms with E-state index in [2.05, 4.69) is 0 Å². The lowest BCUT2D eigenvalue weighted by Crippen LogP contribution is -2.40. The van der Waals surface area contributed by atoms with Crippen LogP contribution in [0.2, 0.25) is 0 Å². The third-order valence-electron chi connectivity index (χ3n) is 2.56. The minimum atomic E-state index is -3.09. The molecule has 0 aromatic rings. The molecule has 1 fully saturated rings. The van der Waals surface area contributed by atoms with Gasteiger partial charge in [-0.25, -0.2) is 12.7 Å². The van der Waals surface area contributed by atoms with Crippen LogP contribution in [0, 0.1) is 0 Å². The molecule has 0 radical (unpaired) electrons. The monoisotopic (exact) mass is 206 g/mol. The summed E-state index contributed by atoms with van der Waals surface area (Å²) in [5.74, 6) is 0. The normalized spacial score (nSPS) is 22.0. The number of rotatable bonds is 4. The molecule has 0 bridgehead atoms. The molecule has 4 nitrogen and oxygen atoms in total. The van der Waals surface area contributed by atoms with Gasteiger partial charge in [0, 0.05) is 19.6 Å². The maximum absolute atomic E-state index is 11.8. The van der Waals surface area contributed by atoms with Gasteiger partial charge >= 0.3 is 0 Å². The summed E-state index contributed by atoms with van der Waals surface area (Å²) < 4.78 is 25.3. The van der Waals surface area contributed by atoms with Crippen LogP contribution < -0.4 is 5.73 Å². The smallest absolute Gasteiger partial charge is 0.218 e. The molecule has 0 aromatic carbocycles. The average molecular weight is 206 g/mol. The molecule has 1 unspecified atom stereocenters. The minimum Gasteiger partial charge on any atom is -0.329 e. The van der Waals surface area contributed by atoms with Crippen LogP contribution in [0.5, 0.6) is 0 Å². The van der Waals surface area contributed by atoms with E-state index in [4.69, 9.17) is 5.73 Å². The van der Waals surface area contributed by atoms with E-state index in [1.54, 1.807) is 4.31 Å². The van der Waals surface area contributed by atoms with Crippen LogP contribution in [0.3, 0.4) is 0 Å². The van der Waals surface area contributed by atoms with Gasteiger partial charge in [-0.15, -0.1) is 0 Å². The average Bonchev–Trinajstić information content (AvgIpc) is 2.58. The highest BCUT2D eigenvalue weighted by atomic mass is 32.2. The number of sulfonamides is 1. The number of nitrogens with two attached hydrogens (primary N) is 1. The zero-order valence-electron chi connectivity index (χ0n) is 8.07. The summed E-state index contributed by atoms with van der Waals surface area (Å²) in [6.45, 7) is 3.46. The number of hydrogen-bond acceptors (Lipinski definition) is 3. The highest BCUT2D eigenvalue weighted by Gasteiger charge is 2.31. The number of nitrogens with zero attached hydrogens (tertiary/aromatic N) is 1. The Morgan fingerprint density at radius 3 is 2.31 bits per heavy atom. The maximum atomic E-state index is 11.8. The van der Waals surface area contributed by atoms with Crippen molar-refractivity contribution in [2.75, 3.05) is 19.6 Å². The van der Waals surface area contributed by atoms with Crippen LogP contribution in [-0.2, 0) is 10.0 Å². The summed E-state index contributed by atoms with van der Waals surface area (Å²) in [6, 6.07) is 0. The molecule has 0 aromatic heterocycles. The fraction of sp³-hybridized carbons (Fsp3) is 1.00. The van der Waals surface area contributed by atoms with E-state index in [-0.39, 0.29) is 11.8 Å². The summed E-state index contributed by atoms with van der Waals surface area (Å²) in [5, 5.41) is -0.384. The van der Waals surface area contributed by atoms with Crippen LogP contribution >= 0.6 is 0 Å². The summed E-state index contributed by atoms with van der Waals surface area (Å²) in [7, 11) is -3.09. The molecular weight excluding hydrogens is 188 g/mol. The molecule has 0 spiro atoms. The SMILES string of the molecule is CCC(CN)S(=O)(=O)N1CCCC1. The predicted molar refractivity (Wildman–Crippen MR) is 52.9 cm³/mol. The second-order valence-corrected chi connectivity index (χ2v) is 5.63. The largest absolute Gasteiger partial charge is 0.329 e. The third kappa shape index (κ3) is 2.21. The van der Waals surface area contributed by atoms with Gasteiger partial charge in [-0.1, -0.05) is 6.92 Å². The van der Waals surface area contributed by atoms with Gasteiger partial charge in [-0.3, -0.25) is 0 Å². The van der Waals surface area contributed by atoms with Gasteiger partial charge in [0.25, 0.3) is 0 Å². The Kier molecular flexibility index (Phi) is 3.70. The van der Waals surface area contributed by atoms with Gasteiger partial charge in [0.2, 0.25) is 10.0 Å². The molecule has 2 N–H and O–H groups in total. The van der Waals surface area contributed by atoms with Crippen molar-refractivity contribution in [2.24, 2.45) is 5.73 Å². The molecule has 13 heavy (non-hydrogen) atoms. The van der Waals surface area contributed by atoms with Gasteiger partial charge in [0.15, 0.2) is 0 Å². The fourth-order valence-electron chi connectivity index (χ4n) is 1.65. The lowest BCUT2D eigenvalue weighted by Gasteiger charge is -2.21. The third-order valence-corrected chi connectivity index (χ3v) is 5.02. The van der Waals surface area contributed by atoms with Crippen molar-refractivity contribution in [3.05, 3.63) is 0 Å². The van der Waals surface area contributed by atoms with Gasteiger partial charge in [0.1, 0.15) is 0 Å². The highest BCUT2D eigenvalue weighted by molar-refractivity contribution is 7.89. The van der Waals surface area contributed by atoms with E-state index in [1.807, 2.05) is 6.92 Å². The second-order valence-electron chi connectivity index (χ2n) is 3.42. The molecule has 1 heterocycles. The molecule has 78 valence electrons. The Morgan fingerprint density at radius 2 is 1.92 bits per heavy atom. The quantitative estimate of drug-likeness (QED) is 0.712. The van der Waals surface area contributed by atoms with Crippen molar-refractivity contribution in [2.45, 2.75) is 31.4 Å². The van der Waals surface area contributed by atoms with Gasteiger partial charge < -0.3 is 5.73 Å². The lowest BCUT2D eigenvalue weighted by molar-refractivity contribution is 0.463. The molecule has 1 rings (SSSR count). The van der Waals surface area contributed by atoms with E-state index < -0.39 is 10.0 Å².